The number of hydrogen-bond acceptors (Lipinski definition) is 1. The highest BCUT2D eigenvalue weighted by Crippen LogP contribution is 2.04. The van der Waals surface area contributed by atoms with Crippen molar-refractivity contribution in [2.24, 2.45) is 0 Å². The molecule has 1 rings (SSSR count). The molecule has 0 aromatic rings. The summed E-state index contributed by atoms with van der Waals surface area (Å²) in [5, 5.41) is 11.3. The smallest absolute Gasteiger partial charge is 0.103 e. The van der Waals surface area contributed by atoms with Gasteiger partial charge in [0.1, 0.15) is 5.70 Å². The molecule has 9 heavy (non-hydrogen) atoms. The molecule has 52 valence electrons. The molecule has 0 bridgehead atoms. The second-order valence-electron chi connectivity index (χ2n) is 2.44. The average Bonchev–Trinajstić information content (AvgIpc) is 1.89. The van der Waals surface area contributed by atoms with Gasteiger partial charge in [-0.2, -0.15) is 0 Å². The monoisotopic (exact) mass is 127 g/mol. The van der Waals surface area contributed by atoms with E-state index >= 15 is 0 Å². The Morgan fingerprint density at radius 2 is 2.33 bits per heavy atom. The summed E-state index contributed by atoms with van der Waals surface area (Å²) in [6.07, 6.45) is 5.25. The van der Waals surface area contributed by atoms with Crippen molar-refractivity contribution in [2.45, 2.75) is 26.2 Å². The Hall–Kier alpha value is -0.340. The molecule has 0 aromatic heterocycles. The largest absolute Gasteiger partial charge is 0.629 e. The Kier molecular flexibility index (Phi) is 2.25. The second kappa shape index (κ2) is 2.99. The Bertz CT molecular complexity index is 120. The molecular formula is C7H13NO. The summed E-state index contributed by atoms with van der Waals surface area (Å²) in [6.45, 7) is 2.72. The van der Waals surface area contributed by atoms with E-state index in [0.29, 0.717) is 5.06 Å². The van der Waals surface area contributed by atoms with Gasteiger partial charge in [0.15, 0.2) is 0 Å². The van der Waals surface area contributed by atoms with Crippen molar-refractivity contribution >= 4 is 0 Å². The summed E-state index contributed by atoms with van der Waals surface area (Å²) in [5.74, 6) is 0. The van der Waals surface area contributed by atoms with E-state index < -0.39 is 0 Å². The molecule has 1 heterocycles. The van der Waals surface area contributed by atoms with Gasteiger partial charge in [-0.3, -0.25) is 0 Å². The highest BCUT2D eigenvalue weighted by Gasteiger charge is 2.10. The van der Waals surface area contributed by atoms with Crippen molar-refractivity contribution in [3.05, 3.63) is 17.0 Å². The molecule has 1 fully saturated rings. The molecule has 0 radical (unpaired) electrons. The third-order valence-electron chi connectivity index (χ3n) is 1.81. The van der Waals surface area contributed by atoms with Crippen LogP contribution in [0.2, 0.25) is 0 Å². The molecule has 0 amide bonds. The number of piperidine rings is 1. The first-order valence-electron chi connectivity index (χ1n) is 3.53. The van der Waals surface area contributed by atoms with Gasteiger partial charge in [0.25, 0.3) is 0 Å². The van der Waals surface area contributed by atoms with Crippen LogP contribution in [-0.2, 0) is 0 Å². The van der Waals surface area contributed by atoms with E-state index in [1.807, 2.05) is 13.0 Å². The Morgan fingerprint density at radius 3 is 2.78 bits per heavy atom. The van der Waals surface area contributed by atoms with Crippen LogP contribution < -0.4 is 5.06 Å². The van der Waals surface area contributed by atoms with E-state index in [9.17, 15) is 5.21 Å². The van der Waals surface area contributed by atoms with Crippen molar-refractivity contribution in [1.82, 2.24) is 0 Å². The predicted octanol–water partition coefficient (Wildman–Crippen LogP) is 0.457. The van der Waals surface area contributed by atoms with Gasteiger partial charge in [-0.25, -0.2) is 0 Å². The van der Waals surface area contributed by atoms with Crippen LogP contribution in [0.3, 0.4) is 0 Å². The topological polar surface area (TPSA) is 27.5 Å². The maximum Gasteiger partial charge on any atom is 0.103 e. The van der Waals surface area contributed by atoms with Gasteiger partial charge < -0.3 is 10.3 Å². The molecule has 1 unspecified atom stereocenters. The van der Waals surface area contributed by atoms with E-state index in [4.69, 9.17) is 0 Å². The molecular weight excluding hydrogens is 114 g/mol. The maximum atomic E-state index is 11.0. The third-order valence-corrected chi connectivity index (χ3v) is 1.81. The Labute approximate surface area is 55.7 Å². The van der Waals surface area contributed by atoms with Crippen molar-refractivity contribution < 1.29 is 5.06 Å². The van der Waals surface area contributed by atoms with Crippen molar-refractivity contribution in [1.29, 1.82) is 0 Å². The van der Waals surface area contributed by atoms with Gasteiger partial charge >= 0.3 is 0 Å². The number of rotatable bonds is 0. The van der Waals surface area contributed by atoms with Crippen LogP contribution in [0.1, 0.15) is 26.2 Å². The normalized spacial score (nSPS) is 33.1. The molecule has 0 saturated carbocycles. The molecule has 1 atom stereocenters. The summed E-state index contributed by atoms with van der Waals surface area (Å²) in [7, 11) is 0. The zero-order valence-electron chi connectivity index (χ0n) is 5.81. The van der Waals surface area contributed by atoms with Gasteiger partial charge in [0.05, 0.1) is 6.54 Å². The lowest BCUT2D eigenvalue weighted by Crippen LogP contribution is -3.06. The lowest BCUT2D eigenvalue weighted by Gasteiger charge is -2.28. The quantitative estimate of drug-likeness (QED) is 0.470. The Balaban J connectivity index is 2.49. The van der Waals surface area contributed by atoms with E-state index in [1.165, 1.54) is 6.42 Å². The number of nitrogens with one attached hydrogen (secondary N) is 1. The van der Waals surface area contributed by atoms with Gasteiger partial charge in [-0.1, -0.05) is 0 Å². The fourth-order valence-corrected chi connectivity index (χ4v) is 1.21. The van der Waals surface area contributed by atoms with Crippen LogP contribution in [0.5, 0.6) is 0 Å². The first-order valence-corrected chi connectivity index (χ1v) is 3.53. The molecule has 1 aliphatic heterocycles. The third kappa shape index (κ3) is 1.53. The summed E-state index contributed by atoms with van der Waals surface area (Å²) in [4.78, 5) is 0. The van der Waals surface area contributed by atoms with Crippen LogP contribution >= 0.6 is 0 Å². The van der Waals surface area contributed by atoms with E-state index in [0.717, 1.165) is 25.1 Å². The predicted molar refractivity (Wildman–Crippen MR) is 36.8 cm³/mol. The number of allylic oxidation sites excluding steroid dienone is 2. The minimum atomic E-state index is 0.365. The fraction of sp³-hybridized carbons (Fsp3) is 0.714. The van der Waals surface area contributed by atoms with Crippen molar-refractivity contribution in [2.75, 3.05) is 6.54 Å². The average molecular weight is 127 g/mol. The van der Waals surface area contributed by atoms with Gasteiger partial charge in [0, 0.05) is 6.42 Å². The lowest BCUT2D eigenvalue weighted by molar-refractivity contribution is -0.812. The molecule has 2 nitrogen and oxygen atoms in total. The highest BCUT2D eigenvalue weighted by atomic mass is 16.5. The number of hydrogen-bond donors (Lipinski definition) is 1. The van der Waals surface area contributed by atoms with Gasteiger partial charge in [-0.15, -0.1) is 0 Å². The molecule has 0 aliphatic carbocycles. The molecule has 1 aliphatic rings. The zero-order valence-corrected chi connectivity index (χ0v) is 5.81. The lowest BCUT2D eigenvalue weighted by atomic mass is 10.1. The van der Waals surface area contributed by atoms with Crippen LogP contribution in [0.25, 0.3) is 0 Å². The first-order chi connectivity index (χ1) is 4.34. The number of quaternary nitrogens is 1. The second-order valence-corrected chi connectivity index (χ2v) is 2.44. The van der Waals surface area contributed by atoms with E-state index in [1.54, 1.807) is 0 Å². The molecule has 1 saturated heterocycles. The maximum absolute atomic E-state index is 11.0. The molecule has 2 heteroatoms. The van der Waals surface area contributed by atoms with Crippen LogP contribution in [0.4, 0.5) is 0 Å². The summed E-state index contributed by atoms with van der Waals surface area (Å²) < 4.78 is 0. The fourth-order valence-electron chi connectivity index (χ4n) is 1.21. The van der Waals surface area contributed by atoms with Crippen molar-refractivity contribution in [3.63, 3.8) is 0 Å². The first kappa shape index (κ1) is 6.78. The zero-order chi connectivity index (χ0) is 6.69. The summed E-state index contributed by atoms with van der Waals surface area (Å²) >= 11 is 0. The number of hydroxylamine groups is 2. The minimum Gasteiger partial charge on any atom is -0.629 e. The van der Waals surface area contributed by atoms with E-state index in [2.05, 4.69) is 0 Å². The van der Waals surface area contributed by atoms with Gasteiger partial charge in [0.2, 0.25) is 0 Å². The highest BCUT2D eigenvalue weighted by molar-refractivity contribution is 4.89. The van der Waals surface area contributed by atoms with E-state index in [-0.39, 0.29) is 0 Å². The standard InChI is InChI=1S/C7H13NO/c1-2-7-5-3-4-6-8(7)9/h2,8H,3-6H2,1H3. The summed E-state index contributed by atoms with van der Waals surface area (Å²) in [6, 6.07) is 0. The molecule has 0 aromatic carbocycles. The molecule has 1 N–H and O–H groups in total. The van der Waals surface area contributed by atoms with Crippen molar-refractivity contribution in [3.8, 4) is 0 Å². The summed E-state index contributed by atoms with van der Waals surface area (Å²) in [5.41, 5.74) is 1.04. The van der Waals surface area contributed by atoms with Crippen LogP contribution in [-0.4, -0.2) is 6.54 Å². The minimum absolute atomic E-state index is 0.365. The van der Waals surface area contributed by atoms with Gasteiger partial charge in [-0.05, 0) is 25.8 Å². The SMILES string of the molecule is CC=C1CCCC[NH+]1[O-]. The molecule has 0 spiro atoms. The van der Waals surface area contributed by atoms with Crippen LogP contribution in [0, 0.1) is 5.21 Å². The van der Waals surface area contributed by atoms with Crippen LogP contribution in [0.15, 0.2) is 11.8 Å². The Morgan fingerprint density at radius 1 is 1.56 bits per heavy atom.